The number of hydrogen-bond acceptors (Lipinski definition) is 4. The lowest BCUT2D eigenvalue weighted by atomic mass is 10.1. The van der Waals surface area contributed by atoms with Crippen LogP contribution in [0.1, 0.15) is 26.3 Å². The van der Waals surface area contributed by atoms with Crippen molar-refractivity contribution in [3.8, 4) is 11.5 Å². The van der Waals surface area contributed by atoms with Gasteiger partial charge >= 0.3 is 5.97 Å². The molecule has 1 aliphatic rings. The van der Waals surface area contributed by atoms with Crippen LogP contribution < -0.4 is 9.47 Å². The van der Waals surface area contributed by atoms with Crippen molar-refractivity contribution in [2.75, 3.05) is 0 Å². The average molecular weight is 377 g/mol. The van der Waals surface area contributed by atoms with Crippen LogP contribution in [0.25, 0.3) is 6.08 Å². The Hall–Kier alpha value is -3.37. The highest BCUT2D eigenvalue weighted by Crippen LogP contribution is 2.35. The fraction of sp³-hybridized carbons (Fsp3) is 0. The number of halogens is 1. The number of ether oxygens (including phenoxy) is 2. The Morgan fingerprint density at radius 2 is 1.70 bits per heavy atom. The van der Waals surface area contributed by atoms with Gasteiger partial charge in [-0.1, -0.05) is 41.9 Å². The van der Waals surface area contributed by atoms with Gasteiger partial charge in [0, 0.05) is 11.1 Å². The summed E-state index contributed by atoms with van der Waals surface area (Å²) in [6, 6.07) is 20.4. The predicted molar refractivity (Wildman–Crippen MR) is 102 cm³/mol. The molecular weight excluding hydrogens is 364 g/mol. The number of fused-ring (bicyclic) bond motifs is 1. The molecule has 0 radical (unpaired) electrons. The molecule has 1 aliphatic heterocycles. The van der Waals surface area contributed by atoms with E-state index >= 15 is 0 Å². The molecule has 4 nitrogen and oxygen atoms in total. The van der Waals surface area contributed by atoms with Crippen molar-refractivity contribution < 1.29 is 19.1 Å². The molecule has 0 unspecified atom stereocenters. The first-order valence-electron chi connectivity index (χ1n) is 8.21. The summed E-state index contributed by atoms with van der Waals surface area (Å²) >= 11 is 5.87. The SMILES string of the molecule is O=C(Oc1ccc2c(c1)OC(=Cc1ccc(Cl)cc1)C2=O)c1ccccc1. The zero-order valence-corrected chi connectivity index (χ0v) is 14.8. The minimum atomic E-state index is -0.475. The molecule has 0 fully saturated rings. The second kappa shape index (κ2) is 7.09. The predicted octanol–water partition coefficient (Wildman–Crippen LogP) is 5.18. The van der Waals surface area contributed by atoms with E-state index in [1.165, 1.54) is 6.07 Å². The first-order valence-corrected chi connectivity index (χ1v) is 8.59. The van der Waals surface area contributed by atoms with Crippen LogP contribution in [0.5, 0.6) is 11.5 Å². The highest BCUT2D eigenvalue weighted by Gasteiger charge is 2.28. The monoisotopic (exact) mass is 376 g/mol. The molecule has 0 saturated heterocycles. The Labute approximate surface area is 160 Å². The third kappa shape index (κ3) is 3.61. The minimum absolute atomic E-state index is 0.207. The van der Waals surface area contributed by atoms with E-state index in [-0.39, 0.29) is 11.5 Å². The summed E-state index contributed by atoms with van der Waals surface area (Å²) in [5.41, 5.74) is 1.67. The van der Waals surface area contributed by atoms with Crippen molar-refractivity contribution >= 4 is 29.4 Å². The summed E-state index contributed by atoms with van der Waals surface area (Å²) < 4.78 is 11.0. The molecule has 0 aromatic heterocycles. The van der Waals surface area contributed by atoms with Crippen LogP contribution in [-0.4, -0.2) is 11.8 Å². The van der Waals surface area contributed by atoms with E-state index in [4.69, 9.17) is 21.1 Å². The number of carbonyl (C=O) groups excluding carboxylic acids is 2. The normalized spacial score (nSPS) is 14.0. The Morgan fingerprint density at radius 1 is 0.963 bits per heavy atom. The quantitative estimate of drug-likeness (QED) is 0.359. The lowest BCUT2D eigenvalue weighted by Gasteiger charge is -2.05. The van der Waals surface area contributed by atoms with E-state index in [1.807, 2.05) is 6.07 Å². The van der Waals surface area contributed by atoms with Crippen molar-refractivity contribution in [3.63, 3.8) is 0 Å². The van der Waals surface area contributed by atoms with Gasteiger partial charge in [0.1, 0.15) is 11.5 Å². The third-order valence-electron chi connectivity index (χ3n) is 4.03. The number of rotatable bonds is 3. The molecule has 0 saturated carbocycles. The molecule has 3 aromatic rings. The molecule has 132 valence electrons. The Kier molecular flexibility index (Phi) is 4.48. The largest absolute Gasteiger partial charge is 0.452 e. The van der Waals surface area contributed by atoms with E-state index in [2.05, 4.69) is 0 Å². The van der Waals surface area contributed by atoms with Crippen LogP contribution in [0.15, 0.2) is 78.6 Å². The molecule has 0 N–H and O–H groups in total. The molecule has 3 aromatic carbocycles. The standard InChI is InChI=1S/C22H13ClO4/c23-16-8-6-14(7-9-16)12-20-21(24)18-11-10-17(13-19(18)27-20)26-22(25)15-4-2-1-3-5-15/h1-13H. The lowest BCUT2D eigenvalue weighted by molar-refractivity contribution is 0.0734. The van der Waals surface area contributed by atoms with Gasteiger partial charge in [-0.15, -0.1) is 0 Å². The van der Waals surface area contributed by atoms with Crippen LogP contribution >= 0.6 is 11.6 Å². The topological polar surface area (TPSA) is 52.6 Å². The highest BCUT2D eigenvalue weighted by atomic mass is 35.5. The summed E-state index contributed by atoms with van der Waals surface area (Å²) in [5.74, 6) is 0.179. The Morgan fingerprint density at radius 3 is 2.44 bits per heavy atom. The van der Waals surface area contributed by atoms with Gasteiger partial charge in [-0.05, 0) is 48.0 Å². The van der Waals surface area contributed by atoms with E-state index in [0.717, 1.165) is 5.56 Å². The van der Waals surface area contributed by atoms with E-state index in [9.17, 15) is 9.59 Å². The minimum Gasteiger partial charge on any atom is -0.452 e. The number of allylic oxidation sites excluding steroid dienone is 1. The second-order valence-electron chi connectivity index (χ2n) is 5.90. The van der Waals surface area contributed by atoms with Crippen LogP contribution in [0.2, 0.25) is 5.02 Å². The molecule has 4 rings (SSSR count). The fourth-order valence-electron chi connectivity index (χ4n) is 2.68. The van der Waals surface area contributed by atoms with Gasteiger partial charge < -0.3 is 9.47 Å². The molecule has 0 aliphatic carbocycles. The van der Waals surface area contributed by atoms with Crippen molar-refractivity contribution in [1.29, 1.82) is 0 Å². The maximum Gasteiger partial charge on any atom is 0.343 e. The summed E-state index contributed by atoms with van der Waals surface area (Å²) in [5, 5.41) is 0.615. The third-order valence-corrected chi connectivity index (χ3v) is 4.28. The number of benzene rings is 3. The van der Waals surface area contributed by atoms with Gasteiger partial charge in [-0.2, -0.15) is 0 Å². The van der Waals surface area contributed by atoms with Gasteiger partial charge in [0.15, 0.2) is 5.76 Å². The van der Waals surface area contributed by atoms with Crippen LogP contribution in [0.4, 0.5) is 0 Å². The molecule has 1 heterocycles. The zero-order chi connectivity index (χ0) is 18.8. The zero-order valence-electron chi connectivity index (χ0n) is 14.0. The summed E-state index contributed by atoms with van der Waals surface area (Å²) in [7, 11) is 0. The number of hydrogen-bond donors (Lipinski definition) is 0. The lowest BCUT2D eigenvalue weighted by Crippen LogP contribution is -2.08. The average Bonchev–Trinajstić information content (AvgIpc) is 2.99. The van der Waals surface area contributed by atoms with Gasteiger partial charge in [0.05, 0.1) is 11.1 Å². The van der Waals surface area contributed by atoms with Crippen LogP contribution in [0.3, 0.4) is 0 Å². The van der Waals surface area contributed by atoms with E-state index in [0.29, 0.717) is 27.6 Å². The Balaban J connectivity index is 1.55. The maximum absolute atomic E-state index is 12.5. The van der Waals surface area contributed by atoms with Crippen molar-refractivity contribution in [3.05, 3.63) is 100 Å². The maximum atomic E-state index is 12.5. The molecule has 0 bridgehead atoms. The first kappa shape index (κ1) is 17.1. The molecule has 0 amide bonds. The van der Waals surface area contributed by atoms with E-state index < -0.39 is 5.97 Å². The molecule has 0 atom stereocenters. The summed E-state index contributed by atoms with van der Waals surface area (Å²) in [6.07, 6.45) is 1.65. The second-order valence-corrected chi connectivity index (χ2v) is 6.34. The first-order chi connectivity index (χ1) is 13.1. The number of ketones is 1. The van der Waals surface area contributed by atoms with Crippen molar-refractivity contribution in [2.45, 2.75) is 0 Å². The van der Waals surface area contributed by atoms with Crippen LogP contribution in [-0.2, 0) is 0 Å². The van der Waals surface area contributed by atoms with Gasteiger partial charge in [-0.3, -0.25) is 4.79 Å². The summed E-state index contributed by atoms with van der Waals surface area (Å²) in [6.45, 7) is 0. The molecular formula is C22H13ClO4. The van der Waals surface area contributed by atoms with E-state index in [1.54, 1.807) is 66.7 Å². The molecule has 5 heteroatoms. The van der Waals surface area contributed by atoms with Gasteiger partial charge in [0.25, 0.3) is 0 Å². The highest BCUT2D eigenvalue weighted by molar-refractivity contribution is 6.30. The van der Waals surface area contributed by atoms with Crippen LogP contribution in [0, 0.1) is 0 Å². The number of Topliss-reactive ketones (excluding diaryl/α,β-unsaturated/α-hetero) is 1. The smallest absolute Gasteiger partial charge is 0.343 e. The fourth-order valence-corrected chi connectivity index (χ4v) is 2.81. The number of esters is 1. The van der Waals surface area contributed by atoms with Gasteiger partial charge in [0.2, 0.25) is 5.78 Å². The Bertz CT molecular complexity index is 1050. The molecule has 27 heavy (non-hydrogen) atoms. The van der Waals surface area contributed by atoms with Crippen molar-refractivity contribution in [2.24, 2.45) is 0 Å². The number of carbonyl (C=O) groups is 2. The molecule has 0 spiro atoms. The van der Waals surface area contributed by atoms with Gasteiger partial charge in [-0.25, -0.2) is 4.79 Å². The van der Waals surface area contributed by atoms with Crippen molar-refractivity contribution in [1.82, 2.24) is 0 Å². The summed E-state index contributed by atoms with van der Waals surface area (Å²) in [4.78, 5) is 24.7.